The van der Waals surface area contributed by atoms with Crippen LogP contribution in [-0.4, -0.2) is 49.2 Å². The molecule has 0 aliphatic carbocycles. The quantitative estimate of drug-likeness (QED) is 0.387. The van der Waals surface area contributed by atoms with Crippen LogP contribution in [0.5, 0.6) is 0 Å². The second kappa shape index (κ2) is 9.73. The Morgan fingerprint density at radius 2 is 1.87 bits per heavy atom. The first-order valence-corrected chi connectivity index (χ1v) is 12.3. The number of nitrogens with zero attached hydrogens (tertiary/aromatic N) is 8. The number of fused-ring (bicyclic) bond motifs is 1. The van der Waals surface area contributed by atoms with Gasteiger partial charge in [0.1, 0.15) is 23.1 Å². The average Bonchev–Trinajstić information content (AvgIpc) is 3.34. The van der Waals surface area contributed by atoms with Crippen molar-refractivity contribution in [3.8, 4) is 6.07 Å². The van der Waals surface area contributed by atoms with Crippen LogP contribution in [0.1, 0.15) is 36.7 Å². The highest BCUT2D eigenvalue weighted by molar-refractivity contribution is 5.93. The standard InChI is InChI=1S/C28H27FN8O/c1-17-14-37(27-21(12-30)28(38)35(5)23-10-11-24(31-3)33-25(23)27)18(2)13-36(17)26(22-15-34(4)16-32-22)19-6-8-20(29)9-7-19/h6-11,15-18,26H,13-14H2,1-2,4-5H3/t17-,18+,26?/m1/s1. The Bertz CT molecular complexity index is 1660. The maximum atomic E-state index is 13.8. The molecule has 3 atom stereocenters. The summed E-state index contributed by atoms with van der Waals surface area (Å²) < 4.78 is 17.1. The molecule has 1 aromatic carbocycles. The lowest BCUT2D eigenvalue weighted by atomic mass is 9.96. The molecular formula is C28H27FN8O. The Morgan fingerprint density at radius 3 is 2.50 bits per heavy atom. The number of anilines is 1. The van der Waals surface area contributed by atoms with E-state index in [0.29, 0.717) is 29.8 Å². The molecular weight excluding hydrogens is 483 g/mol. The Morgan fingerprint density at radius 1 is 1.13 bits per heavy atom. The number of rotatable bonds is 4. The highest BCUT2D eigenvalue weighted by Crippen LogP contribution is 2.37. The van der Waals surface area contributed by atoms with Gasteiger partial charge in [0.05, 0.1) is 23.6 Å². The van der Waals surface area contributed by atoms with Crippen molar-refractivity contribution in [2.45, 2.75) is 32.0 Å². The summed E-state index contributed by atoms with van der Waals surface area (Å²) in [6.45, 7) is 12.7. The molecule has 1 aliphatic heterocycles. The van der Waals surface area contributed by atoms with Gasteiger partial charge < -0.3 is 18.9 Å². The van der Waals surface area contributed by atoms with E-state index in [-0.39, 0.29) is 35.3 Å². The van der Waals surface area contributed by atoms with Gasteiger partial charge in [-0.2, -0.15) is 5.26 Å². The topological polar surface area (TPSA) is 87.3 Å². The fourth-order valence-corrected chi connectivity index (χ4v) is 5.40. The number of halogens is 1. The molecule has 38 heavy (non-hydrogen) atoms. The third kappa shape index (κ3) is 4.19. The number of benzene rings is 1. The maximum absolute atomic E-state index is 13.8. The van der Waals surface area contributed by atoms with Crippen LogP contribution in [0.4, 0.5) is 15.9 Å². The minimum atomic E-state index is -0.396. The molecule has 1 saturated heterocycles. The number of nitriles is 1. The zero-order chi connectivity index (χ0) is 27.1. The largest absolute Gasteiger partial charge is 0.361 e. The number of piperazine rings is 1. The van der Waals surface area contributed by atoms with Crippen LogP contribution in [0.2, 0.25) is 0 Å². The van der Waals surface area contributed by atoms with Gasteiger partial charge in [0.15, 0.2) is 0 Å². The molecule has 1 aliphatic rings. The van der Waals surface area contributed by atoms with Gasteiger partial charge in [0, 0.05) is 45.5 Å². The van der Waals surface area contributed by atoms with E-state index in [4.69, 9.17) is 6.57 Å². The first-order valence-electron chi connectivity index (χ1n) is 12.3. The maximum Gasteiger partial charge on any atom is 0.271 e. The summed E-state index contributed by atoms with van der Waals surface area (Å²) in [4.78, 5) is 30.2. The molecule has 4 heterocycles. The van der Waals surface area contributed by atoms with Crippen LogP contribution in [0.15, 0.2) is 53.7 Å². The van der Waals surface area contributed by atoms with E-state index in [1.165, 1.54) is 16.7 Å². The van der Waals surface area contributed by atoms with Crippen LogP contribution in [-0.2, 0) is 14.1 Å². The zero-order valence-corrected chi connectivity index (χ0v) is 21.6. The van der Waals surface area contributed by atoms with E-state index in [2.05, 4.69) is 37.6 Å². The molecule has 3 aromatic heterocycles. The summed E-state index contributed by atoms with van der Waals surface area (Å²) in [6, 6.07) is 11.5. The van der Waals surface area contributed by atoms with Crippen molar-refractivity contribution in [1.29, 1.82) is 5.26 Å². The van der Waals surface area contributed by atoms with Crippen molar-refractivity contribution in [3.63, 3.8) is 0 Å². The fourth-order valence-electron chi connectivity index (χ4n) is 5.40. The molecule has 0 amide bonds. The van der Waals surface area contributed by atoms with E-state index in [1.54, 1.807) is 37.6 Å². The Kier molecular flexibility index (Phi) is 6.43. The summed E-state index contributed by atoms with van der Waals surface area (Å²) in [7, 11) is 3.52. The number of imidazole rings is 1. The van der Waals surface area contributed by atoms with Gasteiger partial charge in [0.2, 0.25) is 5.52 Å². The molecule has 0 saturated carbocycles. The Hall–Kier alpha value is -4.54. The monoisotopic (exact) mass is 510 g/mol. The number of hydrogen-bond donors (Lipinski definition) is 0. The fraction of sp³-hybridized carbons (Fsp3) is 0.321. The molecule has 4 aromatic rings. The van der Waals surface area contributed by atoms with E-state index >= 15 is 0 Å². The lowest BCUT2D eigenvalue weighted by Crippen LogP contribution is -2.58. The normalized spacial score (nSPS) is 18.8. The van der Waals surface area contributed by atoms with Crippen LogP contribution in [0, 0.1) is 23.7 Å². The second-order valence-corrected chi connectivity index (χ2v) is 9.81. The first-order chi connectivity index (χ1) is 18.2. The molecule has 0 N–H and O–H groups in total. The Balaban J connectivity index is 1.61. The smallest absolute Gasteiger partial charge is 0.271 e. The summed E-state index contributed by atoms with van der Waals surface area (Å²) >= 11 is 0. The van der Waals surface area contributed by atoms with Crippen molar-refractivity contribution >= 4 is 22.5 Å². The van der Waals surface area contributed by atoms with E-state index < -0.39 is 5.56 Å². The van der Waals surface area contributed by atoms with Crippen molar-refractivity contribution in [2.75, 3.05) is 18.0 Å². The third-order valence-corrected chi connectivity index (χ3v) is 7.27. The summed E-state index contributed by atoms with van der Waals surface area (Å²) in [5.74, 6) is -0.0974. The molecule has 192 valence electrons. The molecule has 10 heteroatoms. The number of aromatic nitrogens is 4. The summed E-state index contributed by atoms with van der Waals surface area (Å²) in [5.41, 5.74) is 2.89. The number of aryl methyl sites for hydroxylation is 2. The molecule has 9 nitrogen and oxygen atoms in total. The van der Waals surface area contributed by atoms with Gasteiger partial charge in [-0.05, 0) is 43.7 Å². The van der Waals surface area contributed by atoms with Crippen LogP contribution in [0.25, 0.3) is 15.9 Å². The van der Waals surface area contributed by atoms with Gasteiger partial charge >= 0.3 is 0 Å². The van der Waals surface area contributed by atoms with Crippen LogP contribution >= 0.6 is 0 Å². The van der Waals surface area contributed by atoms with Gasteiger partial charge in [-0.3, -0.25) is 9.69 Å². The van der Waals surface area contributed by atoms with Crippen molar-refractivity contribution < 1.29 is 4.39 Å². The molecule has 0 spiro atoms. The van der Waals surface area contributed by atoms with Crippen molar-refractivity contribution in [1.82, 2.24) is 24.0 Å². The van der Waals surface area contributed by atoms with Gasteiger partial charge in [0.25, 0.3) is 11.4 Å². The summed E-state index contributed by atoms with van der Waals surface area (Å²) in [5, 5.41) is 10.0. The number of hydrogen-bond acceptors (Lipinski definition) is 6. The Labute approximate surface area is 219 Å². The molecule has 0 bridgehead atoms. The van der Waals surface area contributed by atoms with E-state index in [0.717, 1.165) is 11.3 Å². The van der Waals surface area contributed by atoms with Gasteiger partial charge in [-0.1, -0.05) is 18.7 Å². The predicted molar refractivity (Wildman–Crippen MR) is 142 cm³/mol. The number of pyridine rings is 2. The van der Waals surface area contributed by atoms with Crippen molar-refractivity contribution in [3.05, 3.63) is 93.3 Å². The molecule has 0 radical (unpaired) electrons. The lowest BCUT2D eigenvalue weighted by molar-refractivity contribution is 0.128. The summed E-state index contributed by atoms with van der Waals surface area (Å²) in [6.07, 6.45) is 3.72. The minimum Gasteiger partial charge on any atom is -0.361 e. The SMILES string of the molecule is [C-]#[N+]c1ccc2c(n1)c(N1C[C@@H](C)N(C(c3ccc(F)cc3)c3cn(C)cn3)C[C@@H]1C)c(C#N)c(=O)n2C. The molecule has 1 fully saturated rings. The third-order valence-electron chi connectivity index (χ3n) is 7.27. The van der Waals surface area contributed by atoms with E-state index in [1.807, 2.05) is 24.7 Å². The zero-order valence-electron chi connectivity index (χ0n) is 21.6. The minimum absolute atomic E-state index is 0.0157. The highest BCUT2D eigenvalue weighted by Gasteiger charge is 2.38. The molecule has 5 rings (SSSR count). The molecule has 1 unspecified atom stereocenters. The average molecular weight is 511 g/mol. The predicted octanol–water partition coefficient (Wildman–Crippen LogP) is 3.92. The van der Waals surface area contributed by atoms with E-state index in [9.17, 15) is 14.4 Å². The van der Waals surface area contributed by atoms with Gasteiger partial charge in [-0.15, -0.1) is 4.98 Å². The van der Waals surface area contributed by atoms with Crippen LogP contribution < -0.4 is 10.5 Å². The first kappa shape index (κ1) is 25.1. The van der Waals surface area contributed by atoms with Gasteiger partial charge in [-0.25, -0.2) is 9.37 Å². The highest BCUT2D eigenvalue weighted by atomic mass is 19.1. The lowest BCUT2D eigenvalue weighted by Gasteiger charge is -2.48. The van der Waals surface area contributed by atoms with Crippen LogP contribution in [0.3, 0.4) is 0 Å². The second-order valence-electron chi connectivity index (χ2n) is 9.81. The van der Waals surface area contributed by atoms with Crippen molar-refractivity contribution in [2.24, 2.45) is 14.1 Å².